The molecule has 0 radical (unpaired) electrons. The second-order valence-corrected chi connectivity index (χ2v) is 4.36. The van der Waals surface area contributed by atoms with Gasteiger partial charge in [0.05, 0.1) is 0 Å². The molecular formula is C10H17N9O. The molecule has 0 saturated carbocycles. The number of nitrogen functional groups attached to an aromatic ring is 1. The minimum absolute atomic E-state index is 0.0170. The van der Waals surface area contributed by atoms with Crippen LogP contribution in [-0.2, 0) is 0 Å². The SMILES string of the molecule is CC(CO)C(C)Nc1nc(NN)nc(-n2cncn2)n1. The van der Waals surface area contributed by atoms with Crippen molar-refractivity contribution in [3.8, 4) is 5.95 Å². The normalized spacial score (nSPS) is 13.8. The quantitative estimate of drug-likeness (QED) is 0.393. The van der Waals surface area contributed by atoms with Crippen molar-refractivity contribution in [2.24, 2.45) is 11.8 Å². The summed E-state index contributed by atoms with van der Waals surface area (Å²) in [7, 11) is 0. The number of nitrogens with zero attached hydrogens (tertiary/aromatic N) is 6. The Morgan fingerprint density at radius 3 is 2.65 bits per heavy atom. The van der Waals surface area contributed by atoms with Crippen molar-refractivity contribution in [2.75, 3.05) is 17.3 Å². The van der Waals surface area contributed by atoms with Crippen LogP contribution in [0, 0.1) is 5.92 Å². The second-order valence-electron chi connectivity index (χ2n) is 4.36. The summed E-state index contributed by atoms with van der Waals surface area (Å²) < 4.78 is 1.40. The van der Waals surface area contributed by atoms with E-state index in [1.54, 1.807) is 0 Å². The first-order valence-corrected chi connectivity index (χ1v) is 6.09. The second kappa shape index (κ2) is 6.21. The van der Waals surface area contributed by atoms with Gasteiger partial charge < -0.3 is 10.4 Å². The first kappa shape index (κ1) is 14.1. The fourth-order valence-corrected chi connectivity index (χ4v) is 1.41. The van der Waals surface area contributed by atoms with Crippen molar-refractivity contribution in [1.29, 1.82) is 0 Å². The van der Waals surface area contributed by atoms with Crippen LogP contribution in [0.4, 0.5) is 11.9 Å². The van der Waals surface area contributed by atoms with E-state index in [1.165, 1.54) is 17.3 Å². The molecular weight excluding hydrogens is 262 g/mol. The number of hydrogen-bond acceptors (Lipinski definition) is 9. The topological polar surface area (TPSA) is 140 Å². The summed E-state index contributed by atoms with van der Waals surface area (Å²) in [6.07, 6.45) is 2.85. The molecule has 2 unspecified atom stereocenters. The fraction of sp³-hybridized carbons (Fsp3) is 0.500. The van der Waals surface area contributed by atoms with Crippen molar-refractivity contribution in [1.82, 2.24) is 29.7 Å². The van der Waals surface area contributed by atoms with E-state index >= 15 is 0 Å². The Bertz CT molecular complexity index is 544. The molecule has 2 aromatic heterocycles. The fourth-order valence-electron chi connectivity index (χ4n) is 1.41. The van der Waals surface area contributed by atoms with Crippen molar-refractivity contribution in [3.05, 3.63) is 12.7 Å². The zero-order chi connectivity index (χ0) is 14.5. The van der Waals surface area contributed by atoms with Crippen LogP contribution in [0.2, 0.25) is 0 Å². The van der Waals surface area contributed by atoms with Crippen molar-refractivity contribution < 1.29 is 5.11 Å². The molecule has 0 bridgehead atoms. The highest BCUT2D eigenvalue weighted by molar-refractivity contribution is 5.37. The maximum absolute atomic E-state index is 9.14. The predicted molar refractivity (Wildman–Crippen MR) is 71.9 cm³/mol. The number of aromatic nitrogens is 6. The predicted octanol–water partition coefficient (Wildman–Crippen LogP) is -0.833. The van der Waals surface area contributed by atoms with E-state index in [0.717, 1.165) is 0 Å². The molecule has 0 spiro atoms. The molecule has 2 atom stereocenters. The third kappa shape index (κ3) is 3.16. The van der Waals surface area contributed by atoms with Gasteiger partial charge in [0.2, 0.25) is 11.9 Å². The van der Waals surface area contributed by atoms with Crippen LogP contribution >= 0.6 is 0 Å². The number of nitrogens with one attached hydrogen (secondary N) is 2. The molecule has 0 aliphatic heterocycles. The number of aliphatic hydroxyl groups excluding tert-OH is 1. The van der Waals surface area contributed by atoms with Crippen molar-refractivity contribution >= 4 is 11.9 Å². The monoisotopic (exact) mass is 279 g/mol. The highest BCUT2D eigenvalue weighted by Crippen LogP contribution is 2.11. The van der Waals surface area contributed by atoms with E-state index in [-0.39, 0.29) is 30.5 Å². The van der Waals surface area contributed by atoms with Crippen molar-refractivity contribution in [2.45, 2.75) is 19.9 Å². The van der Waals surface area contributed by atoms with Gasteiger partial charge in [0.15, 0.2) is 0 Å². The zero-order valence-corrected chi connectivity index (χ0v) is 11.2. The van der Waals surface area contributed by atoms with Gasteiger partial charge in [-0.1, -0.05) is 6.92 Å². The van der Waals surface area contributed by atoms with E-state index in [4.69, 9.17) is 10.9 Å². The van der Waals surface area contributed by atoms with Crippen LogP contribution in [0.3, 0.4) is 0 Å². The van der Waals surface area contributed by atoms with Crippen LogP contribution in [0.1, 0.15) is 13.8 Å². The van der Waals surface area contributed by atoms with E-state index < -0.39 is 0 Å². The van der Waals surface area contributed by atoms with Gasteiger partial charge in [-0.25, -0.2) is 10.8 Å². The number of hydrazine groups is 1. The first-order valence-electron chi connectivity index (χ1n) is 6.09. The summed E-state index contributed by atoms with van der Waals surface area (Å²) in [5, 5.41) is 16.2. The molecule has 2 rings (SSSR count). The average molecular weight is 279 g/mol. The highest BCUT2D eigenvalue weighted by Gasteiger charge is 2.14. The Balaban J connectivity index is 2.27. The molecule has 5 N–H and O–H groups in total. The lowest BCUT2D eigenvalue weighted by molar-refractivity contribution is 0.226. The molecule has 0 amide bonds. The molecule has 0 fully saturated rings. The van der Waals surface area contributed by atoms with Gasteiger partial charge in [-0.05, 0) is 12.8 Å². The van der Waals surface area contributed by atoms with Gasteiger partial charge in [0.1, 0.15) is 12.7 Å². The maximum Gasteiger partial charge on any atom is 0.258 e. The maximum atomic E-state index is 9.14. The lowest BCUT2D eigenvalue weighted by Crippen LogP contribution is -2.28. The standard InChI is InChI=1S/C10H17N9O/c1-6(3-20)7(2)14-8-15-9(18-11)17-10(16-8)19-5-12-4-13-19/h4-7,20H,3,11H2,1-2H3,(H2,14,15,16,17,18). The molecule has 108 valence electrons. The number of hydrogen-bond donors (Lipinski definition) is 4. The molecule has 0 aromatic carbocycles. The summed E-state index contributed by atoms with van der Waals surface area (Å²) in [5.74, 6) is 6.23. The highest BCUT2D eigenvalue weighted by atomic mass is 16.3. The first-order chi connectivity index (χ1) is 9.63. The third-order valence-electron chi connectivity index (χ3n) is 2.87. The Kier molecular flexibility index (Phi) is 4.38. The van der Waals surface area contributed by atoms with Crippen LogP contribution in [-0.4, -0.2) is 47.5 Å². The zero-order valence-electron chi connectivity index (χ0n) is 11.2. The van der Waals surface area contributed by atoms with E-state index in [0.29, 0.717) is 5.95 Å². The average Bonchev–Trinajstić information content (AvgIpc) is 3.00. The number of aliphatic hydroxyl groups is 1. The van der Waals surface area contributed by atoms with Gasteiger partial charge >= 0.3 is 0 Å². The molecule has 0 aliphatic carbocycles. The summed E-state index contributed by atoms with van der Waals surface area (Å²) in [5.41, 5.74) is 2.37. The van der Waals surface area contributed by atoms with Crippen LogP contribution < -0.4 is 16.6 Å². The van der Waals surface area contributed by atoms with E-state index in [1.807, 2.05) is 13.8 Å². The summed E-state index contributed by atoms with van der Waals surface area (Å²) in [6.45, 7) is 3.91. The molecule has 2 heterocycles. The third-order valence-corrected chi connectivity index (χ3v) is 2.87. The molecule has 10 nitrogen and oxygen atoms in total. The van der Waals surface area contributed by atoms with Crippen LogP contribution in [0.5, 0.6) is 0 Å². The molecule has 20 heavy (non-hydrogen) atoms. The molecule has 10 heteroatoms. The van der Waals surface area contributed by atoms with Crippen LogP contribution in [0.25, 0.3) is 5.95 Å². The van der Waals surface area contributed by atoms with Gasteiger partial charge in [-0.2, -0.15) is 24.7 Å². The van der Waals surface area contributed by atoms with Crippen molar-refractivity contribution in [3.63, 3.8) is 0 Å². The summed E-state index contributed by atoms with van der Waals surface area (Å²) in [6, 6.07) is -0.0170. The minimum atomic E-state index is -0.0170. The van der Waals surface area contributed by atoms with E-state index in [2.05, 4.69) is 35.8 Å². The number of nitrogens with two attached hydrogens (primary N) is 1. The number of rotatable bonds is 6. The molecule has 0 saturated heterocycles. The Morgan fingerprint density at radius 1 is 1.30 bits per heavy atom. The summed E-state index contributed by atoms with van der Waals surface area (Å²) in [4.78, 5) is 16.2. The Hall–Kier alpha value is -2.33. The largest absolute Gasteiger partial charge is 0.396 e. The number of anilines is 2. The summed E-state index contributed by atoms with van der Waals surface area (Å²) >= 11 is 0. The van der Waals surface area contributed by atoms with Gasteiger partial charge in [0, 0.05) is 12.6 Å². The molecule has 0 aliphatic rings. The lowest BCUT2D eigenvalue weighted by atomic mass is 10.1. The molecule has 2 aromatic rings. The Labute approximate surface area is 115 Å². The Morgan fingerprint density at radius 2 is 2.05 bits per heavy atom. The van der Waals surface area contributed by atoms with Gasteiger partial charge in [-0.3, -0.25) is 5.43 Å². The minimum Gasteiger partial charge on any atom is -0.396 e. The van der Waals surface area contributed by atoms with E-state index in [9.17, 15) is 0 Å². The smallest absolute Gasteiger partial charge is 0.258 e. The van der Waals surface area contributed by atoms with Gasteiger partial charge in [-0.15, -0.1) is 0 Å². The lowest BCUT2D eigenvalue weighted by Gasteiger charge is -2.19. The van der Waals surface area contributed by atoms with Gasteiger partial charge in [0.25, 0.3) is 5.95 Å². The van der Waals surface area contributed by atoms with Crippen LogP contribution in [0.15, 0.2) is 12.7 Å².